The molecule has 4 aliphatic rings. The number of hydrogen-bond acceptors (Lipinski definition) is 7. The zero-order chi connectivity index (χ0) is 36.5. The first-order chi connectivity index (χ1) is 25.0. The number of amides is 4. The van der Waals surface area contributed by atoms with Gasteiger partial charge >= 0.3 is 0 Å². The number of hydrogen-bond donors (Lipinski definition) is 2. The summed E-state index contributed by atoms with van der Waals surface area (Å²) in [5.74, 6) is -6.23. The topological polar surface area (TPSA) is 116 Å². The molecule has 2 saturated heterocycles. The molecule has 11 heteroatoms. The molecule has 6 unspecified atom stereocenters. The maximum atomic E-state index is 14.7. The maximum absolute atomic E-state index is 14.7. The minimum absolute atomic E-state index is 0.120. The molecule has 0 aromatic heterocycles. The number of aromatic hydroxyl groups is 1. The maximum Gasteiger partial charge on any atom is 0.241 e. The van der Waals surface area contributed by atoms with Crippen molar-refractivity contribution in [3.8, 4) is 11.5 Å². The molecule has 4 aromatic carbocycles. The van der Waals surface area contributed by atoms with Gasteiger partial charge in [-0.25, -0.2) is 9.29 Å². The number of rotatable bonds is 7. The number of ether oxygens (including phenoxy) is 1. The van der Waals surface area contributed by atoms with E-state index in [1.807, 2.05) is 48.5 Å². The molecule has 264 valence electrons. The van der Waals surface area contributed by atoms with Crippen LogP contribution in [0, 0.1) is 34.9 Å². The first-order valence-electron chi connectivity index (χ1n) is 17.3. The van der Waals surface area contributed by atoms with Gasteiger partial charge in [-0.05, 0) is 93.3 Å². The summed E-state index contributed by atoms with van der Waals surface area (Å²) in [6.45, 7) is 3.78. The molecule has 2 aliphatic heterocycles. The molecule has 2 heterocycles. The largest absolute Gasteiger partial charge is 0.504 e. The number of carbonyl (C=O) groups excluding carboxylic acids is 4. The van der Waals surface area contributed by atoms with Gasteiger partial charge in [0, 0.05) is 22.9 Å². The van der Waals surface area contributed by atoms with Crippen LogP contribution in [0.2, 0.25) is 5.02 Å². The molecule has 4 aromatic rings. The first kappa shape index (κ1) is 33.7. The van der Waals surface area contributed by atoms with Gasteiger partial charge in [-0.3, -0.25) is 24.1 Å². The third-order valence-corrected chi connectivity index (χ3v) is 11.6. The highest BCUT2D eigenvalue weighted by molar-refractivity contribution is 6.32. The molecule has 52 heavy (non-hydrogen) atoms. The van der Waals surface area contributed by atoms with Gasteiger partial charge in [0.15, 0.2) is 11.5 Å². The van der Waals surface area contributed by atoms with Gasteiger partial charge in [0.2, 0.25) is 23.6 Å². The average molecular weight is 720 g/mol. The number of nitrogens with zero attached hydrogens (tertiary/aromatic N) is 2. The Morgan fingerprint density at radius 3 is 2.29 bits per heavy atom. The second-order valence-electron chi connectivity index (χ2n) is 13.9. The number of halogens is 2. The minimum Gasteiger partial charge on any atom is -0.504 e. The highest BCUT2D eigenvalue weighted by Gasteiger charge is 2.68. The van der Waals surface area contributed by atoms with Crippen molar-refractivity contribution in [1.29, 1.82) is 0 Å². The van der Waals surface area contributed by atoms with Gasteiger partial charge in [0.05, 0.1) is 46.2 Å². The third kappa shape index (κ3) is 5.03. The van der Waals surface area contributed by atoms with Crippen LogP contribution in [-0.4, -0.2) is 35.3 Å². The van der Waals surface area contributed by atoms with Crippen LogP contribution in [0.1, 0.15) is 38.2 Å². The van der Waals surface area contributed by atoms with Crippen molar-refractivity contribution in [2.75, 3.05) is 21.7 Å². The SMILES string of the molecule is CCOc1cccc(C2C3=CCC4C(=O)N(c5ccc(Nc6ccccc6)cc5)C(=O)C4C3CC3C(=O)N(c4ccc(F)c(Cl)c4)C(=O)C32C)c1O. The van der Waals surface area contributed by atoms with Crippen molar-refractivity contribution in [3.63, 3.8) is 0 Å². The molecular formula is C41H35ClFN3O6. The fraction of sp³-hybridized carbons (Fsp3) is 0.268. The summed E-state index contributed by atoms with van der Waals surface area (Å²) in [6.07, 6.45) is 2.28. The lowest BCUT2D eigenvalue weighted by atomic mass is 9.51. The number of para-hydroxylation sites is 2. The highest BCUT2D eigenvalue weighted by atomic mass is 35.5. The molecule has 4 amide bonds. The van der Waals surface area contributed by atoms with Crippen LogP contribution in [-0.2, 0) is 19.2 Å². The van der Waals surface area contributed by atoms with E-state index in [-0.39, 0.29) is 53.5 Å². The van der Waals surface area contributed by atoms with Crippen molar-refractivity contribution < 1.29 is 33.4 Å². The molecule has 8 rings (SSSR count). The number of allylic oxidation sites excluding steroid dienone is 2. The molecule has 9 nitrogen and oxygen atoms in total. The van der Waals surface area contributed by atoms with Crippen LogP contribution in [0.25, 0.3) is 0 Å². The van der Waals surface area contributed by atoms with E-state index in [0.29, 0.717) is 11.3 Å². The van der Waals surface area contributed by atoms with Crippen LogP contribution in [0.15, 0.2) is 103 Å². The summed E-state index contributed by atoms with van der Waals surface area (Å²) in [4.78, 5) is 59.9. The van der Waals surface area contributed by atoms with E-state index in [0.717, 1.165) is 27.9 Å². The Bertz CT molecular complexity index is 2170. The van der Waals surface area contributed by atoms with Gasteiger partial charge in [-0.1, -0.05) is 53.6 Å². The molecular weight excluding hydrogens is 685 g/mol. The Hall–Kier alpha value is -5.48. The molecule has 2 aliphatic carbocycles. The predicted octanol–water partition coefficient (Wildman–Crippen LogP) is 7.76. The second kappa shape index (κ2) is 12.6. The highest BCUT2D eigenvalue weighted by Crippen LogP contribution is 2.65. The number of phenolic OH excluding ortho intramolecular Hbond substituents is 1. The van der Waals surface area contributed by atoms with Crippen LogP contribution < -0.4 is 19.9 Å². The van der Waals surface area contributed by atoms with Gasteiger partial charge in [0.25, 0.3) is 0 Å². The summed E-state index contributed by atoms with van der Waals surface area (Å²) in [5.41, 5.74) is 1.93. The quantitative estimate of drug-likeness (QED) is 0.148. The lowest BCUT2D eigenvalue weighted by Crippen LogP contribution is -2.48. The van der Waals surface area contributed by atoms with Crippen molar-refractivity contribution in [2.45, 2.75) is 32.6 Å². The van der Waals surface area contributed by atoms with E-state index in [1.54, 1.807) is 44.2 Å². The van der Waals surface area contributed by atoms with Crippen molar-refractivity contribution in [3.05, 3.63) is 119 Å². The predicted molar refractivity (Wildman–Crippen MR) is 194 cm³/mol. The molecule has 3 fully saturated rings. The van der Waals surface area contributed by atoms with E-state index < -0.39 is 52.6 Å². The number of imide groups is 2. The molecule has 1 saturated carbocycles. The Balaban J connectivity index is 1.20. The lowest BCUT2D eigenvalue weighted by molar-refractivity contribution is -0.131. The normalized spacial score (nSPS) is 26.5. The summed E-state index contributed by atoms with van der Waals surface area (Å²) in [6, 6.07) is 25.4. The zero-order valence-corrected chi connectivity index (χ0v) is 29.1. The van der Waals surface area contributed by atoms with Crippen molar-refractivity contribution in [1.82, 2.24) is 0 Å². The Labute approximate surface area is 304 Å². The van der Waals surface area contributed by atoms with Gasteiger partial charge in [-0.2, -0.15) is 0 Å². The fourth-order valence-corrected chi connectivity index (χ4v) is 9.09. The molecule has 0 spiro atoms. The second-order valence-corrected chi connectivity index (χ2v) is 14.3. The van der Waals surface area contributed by atoms with E-state index in [9.17, 15) is 28.7 Å². The van der Waals surface area contributed by atoms with Crippen LogP contribution in [0.4, 0.5) is 27.1 Å². The van der Waals surface area contributed by atoms with Crippen LogP contribution in [0.3, 0.4) is 0 Å². The molecule has 0 bridgehead atoms. The van der Waals surface area contributed by atoms with Gasteiger partial charge < -0.3 is 15.2 Å². The van der Waals surface area contributed by atoms with E-state index in [2.05, 4.69) is 5.32 Å². The number of nitrogens with one attached hydrogen (secondary N) is 1. The number of phenols is 1. The molecule has 0 radical (unpaired) electrons. The Morgan fingerprint density at radius 1 is 0.865 bits per heavy atom. The van der Waals surface area contributed by atoms with Crippen molar-refractivity contribution in [2.24, 2.45) is 29.1 Å². The molecule has 6 atom stereocenters. The number of benzene rings is 4. The molecule has 2 N–H and O–H groups in total. The van der Waals surface area contributed by atoms with Crippen molar-refractivity contribution >= 4 is 58.0 Å². The fourth-order valence-electron chi connectivity index (χ4n) is 8.91. The first-order valence-corrected chi connectivity index (χ1v) is 17.7. The van der Waals surface area contributed by atoms with E-state index in [4.69, 9.17) is 16.3 Å². The van der Waals surface area contributed by atoms with Crippen LogP contribution >= 0.6 is 11.6 Å². The summed E-state index contributed by atoms with van der Waals surface area (Å²) >= 11 is 6.11. The monoisotopic (exact) mass is 719 g/mol. The van der Waals surface area contributed by atoms with Crippen LogP contribution in [0.5, 0.6) is 11.5 Å². The Morgan fingerprint density at radius 2 is 1.58 bits per heavy atom. The third-order valence-electron chi connectivity index (χ3n) is 11.3. The standard InChI is InChI=1S/C41H35ClFN3O6/c1-3-52-33-11-7-10-28(36(33)47)35-26-17-18-27-34(39(50)45(37(27)48)24-14-12-23(13-15-24)44-22-8-5-4-6-9-22)29(26)21-30-38(49)46(40(51)41(30,35)2)25-16-19-32(43)31(42)20-25/h4-17,19-20,27,29-30,34-35,44,47H,3,18,21H2,1-2H3. The van der Waals surface area contributed by atoms with Gasteiger partial charge in [0.1, 0.15) is 5.82 Å². The summed E-state index contributed by atoms with van der Waals surface area (Å²) in [5, 5.41) is 14.7. The number of carbonyl (C=O) groups is 4. The average Bonchev–Trinajstić information content (AvgIpc) is 3.51. The smallest absolute Gasteiger partial charge is 0.241 e. The lowest BCUT2D eigenvalue weighted by Gasteiger charge is -2.49. The summed E-state index contributed by atoms with van der Waals surface area (Å²) in [7, 11) is 0. The zero-order valence-electron chi connectivity index (χ0n) is 28.4. The van der Waals surface area contributed by atoms with E-state index >= 15 is 0 Å². The van der Waals surface area contributed by atoms with E-state index in [1.165, 1.54) is 17.0 Å². The minimum atomic E-state index is -1.41. The van der Waals surface area contributed by atoms with Gasteiger partial charge in [-0.15, -0.1) is 0 Å². The summed E-state index contributed by atoms with van der Waals surface area (Å²) < 4.78 is 19.9. The number of fused-ring (bicyclic) bond motifs is 4. The Kier molecular flexibility index (Phi) is 8.17. The number of anilines is 4.